The first-order valence-corrected chi connectivity index (χ1v) is 4.16. The quantitative estimate of drug-likeness (QED) is 0.591. The minimum absolute atomic E-state index is 0.913. The summed E-state index contributed by atoms with van der Waals surface area (Å²) in [6.07, 6.45) is 7.86. The molecule has 1 aromatic heterocycles. The lowest BCUT2D eigenvalue weighted by atomic mass is 10.3. The van der Waals surface area contributed by atoms with Gasteiger partial charge in [0.2, 0.25) is 0 Å². The summed E-state index contributed by atoms with van der Waals surface area (Å²) in [5.41, 5.74) is 0. The molecule has 12 heavy (non-hydrogen) atoms. The topological polar surface area (TPSA) is 22.4 Å². The van der Waals surface area contributed by atoms with Crippen LogP contribution in [0.5, 0.6) is 0 Å². The number of aryl methyl sites for hydroxylation is 1. The molecule has 0 aromatic carbocycles. The van der Waals surface area contributed by atoms with Gasteiger partial charge in [-0.2, -0.15) is 0 Å². The Bertz CT molecular complexity index is 204. The van der Waals surface area contributed by atoms with Gasteiger partial charge in [-0.1, -0.05) is 0 Å². The molecule has 0 saturated carbocycles. The summed E-state index contributed by atoms with van der Waals surface area (Å²) in [4.78, 5) is 0. The normalized spacial score (nSPS) is 14.4. The lowest BCUT2D eigenvalue weighted by molar-refractivity contribution is 0.231. The van der Waals surface area contributed by atoms with Crippen LogP contribution >= 0.6 is 0 Å². The average molecular weight is 166 g/mol. The van der Waals surface area contributed by atoms with E-state index in [9.17, 15) is 0 Å². The van der Waals surface area contributed by atoms with E-state index in [1.165, 1.54) is 12.8 Å². The van der Waals surface area contributed by atoms with Gasteiger partial charge in [-0.3, -0.25) is 0 Å². The molecule has 1 aromatic rings. The summed E-state index contributed by atoms with van der Waals surface area (Å²) in [6, 6.07) is 3.79. The first-order chi connectivity index (χ1) is 5.89. The SMILES string of the molecule is C1=COCCC1.Cc1ccco1. The van der Waals surface area contributed by atoms with Crippen molar-refractivity contribution in [3.63, 3.8) is 0 Å². The Morgan fingerprint density at radius 3 is 2.50 bits per heavy atom. The second kappa shape index (κ2) is 5.47. The van der Waals surface area contributed by atoms with Crippen molar-refractivity contribution in [2.24, 2.45) is 0 Å². The van der Waals surface area contributed by atoms with Gasteiger partial charge in [0.1, 0.15) is 5.76 Å². The molecule has 0 radical (unpaired) electrons. The standard InChI is InChI=1S/C5H6O.C5H8O/c1-5-3-2-4-6-5;1-2-4-6-5-3-1/h2-4H,1H3;2,4H,1,3,5H2. The van der Waals surface area contributed by atoms with Crippen LogP contribution < -0.4 is 0 Å². The number of furan rings is 1. The second-order valence-electron chi connectivity index (χ2n) is 2.61. The Labute approximate surface area is 72.8 Å². The van der Waals surface area contributed by atoms with Crippen LogP contribution in [0.3, 0.4) is 0 Å². The van der Waals surface area contributed by atoms with Crippen LogP contribution in [0.15, 0.2) is 35.2 Å². The van der Waals surface area contributed by atoms with Gasteiger partial charge in [-0.15, -0.1) is 0 Å². The van der Waals surface area contributed by atoms with E-state index >= 15 is 0 Å². The highest BCUT2D eigenvalue weighted by Gasteiger charge is 1.86. The summed E-state index contributed by atoms with van der Waals surface area (Å²) >= 11 is 0. The molecule has 1 aliphatic rings. The highest BCUT2D eigenvalue weighted by Crippen LogP contribution is 1.97. The molecule has 0 saturated heterocycles. The minimum atomic E-state index is 0.913. The van der Waals surface area contributed by atoms with Gasteiger partial charge in [-0.05, 0) is 38.0 Å². The van der Waals surface area contributed by atoms with Crippen molar-refractivity contribution in [2.75, 3.05) is 6.61 Å². The van der Waals surface area contributed by atoms with Crippen molar-refractivity contribution in [3.8, 4) is 0 Å². The highest BCUT2D eigenvalue weighted by molar-refractivity contribution is 4.93. The van der Waals surface area contributed by atoms with E-state index in [0.717, 1.165) is 12.4 Å². The van der Waals surface area contributed by atoms with Crippen molar-refractivity contribution in [2.45, 2.75) is 19.8 Å². The average Bonchev–Trinajstić information content (AvgIpc) is 2.60. The first kappa shape index (κ1) is 8.91. The second-order valence-corrected chi connectivity index (χ2v) is 2.61. The van der Waals surface area contributed by atoms with Crippen molar-refractivity contribution in [3.05, 3.63) is 36.5 Å². The fourth-order valence-corrected chi connectivity index (χ4v) is 0.849. The van der Waals surface area contributed by atoms with E-state index < -0.39 is 0 Å². The van der Waals surface area contributed by atoms with E-state index in [-0.39, 0.29) is 0 Å². The van der Waals surface area contributed by atoms with Gasteiger partial charge < -0.3 is 9.15 Å². The van der Waals surface area contributed by atoms with Crippen LogP contribution in [0, 0.1) is 6.92 Å². The maximum Gasteiger partial charge on any atom is 0.100 e. The van der Waals surface area contributed by atoms with Crippen molar-refractivity contribution in [1.29, 1.82) is 0 Å². The molecule has 0 N–H and O–H groups in total. The monoisotopic (exact) mass is 166 g/mol. The van der Waals surface area contributed by atoms with Gasteiger partial charge >= 0.3 is 0 Å². The lowest BCUT2D eigenvalue weighted by Gasteiger charge is -2.01. The number of hydrogen-bond acceptors (Lipinski definition) is 2. The van der Waals surface area contributed by atoms with Gasteiger partial charge in [0.15, 0.2) is 0 Å². The molecule has 0 fully saturated rings. The molecule has 0 amide bonds. The lowest BCUT2D eigenvalue weighted by Crippen LogP contribution is -1.90. The third kappa shape index (κ3) is 3.86. The van der Waals surface area contributed by atoms with E-state index in [1.807, 2.05) is 25.1 Å². The Kier molecular flexibility index (Phi) is 4.06. The molecule has 2 rings (SSSR count). The number of allylic oxidation sites excluding steroid dienone is 1. The summed E-state index contributed by atoms with van der Waals surface area (Å²) in [6.45, 7) is 2.83. The van der Waals surface area contributed by atoms with Gasteiger partial charge in [0.25, 0.3) is 0 Å². The van der Waals surface area contributed by atoms with Crippen molar-refractivity contribution >= 4 is 0 Å². The number of rotatable bonds is 0. The predicted octanol–water partition coefficient (Wildman–Crippen LogP) is 2.90. The smallest absolute Gasteiger partial charge is 0.100 e. The molecule has 1 aliphatic heterocycles. The fourth-order valence-electron chi connectivity index (χ4n) is 0.849. The van der Waals surface area contributed by atoms with Gasteiger partial charge in [-0.25, -0.2) is 0 Å². The molecular formula is C10H14O2. The molecular weight excluding hydrogens is 152 g/mol. The van der Waals surface area contributed by atoms with Crippen LogP contribution in [0.4, 0.5) is 0 Å². The van der Waals surface area contributed by atoms with Crippen molar-refractivity contribution < 1.29 is 9.15 Å². The molecule has 2 heteroatoms. The summed E-state index contributed by atoms with van der Waals surface area (Å²) in [5, 5.41) is 0. The third-order valence-electron chi connectivity index (χ3n) is 1.49. The highest BCUT2D eigenvalue weighted by atomic mass is 16.5. The minimum Gasteiger partial charge on any atom is -0.502 e. The molecule has 2 heterocycles. The fraction of sp³-hybridized carbons (Fsp3) is 0.400. The summed E-state index contributed by atoms with van der Waals surface area (Å²) in [5.74, 6) is 0.968. The Morgan fingerprint density at radius 1 is 1.42 bits per heavy atom. The molecule has 0 atom stereocenters. The summed E-state index contributed by atoms with van der Waals surface area (Å²) < 4.78 is 9.72. The van der Waals surface area contributed by atoms with Crippen LogP contribution in [-0.2, 0) is 4.74 Å². The van der Waals surface area contributed by atoms with E-state index in [0.29, 0.717) is 0 Å². The van der Waals surface area contributed by atoms with Gasteiger partial charge in [0.05, 0.1) is 19.1 Å². The van der Waals surface area contributed by atoms with Gasteiger partial charge in [0, 0.05) is 0 Å². The molecule has 0 spiro atoms. The largest absolute Gasteiger partial charge is 0.502 e. The zero-order valence-corrected chi connectivity index (χ0v) is 7.32. The maximum atomic E-state index is 4.89. The number of hydrogen-bond donors (Lipinski definition) is 0. The predicted molar refractivity (Wildman–Crippen MR) is 47.8 cm³/mol. The molecule has 0 aliphatic carbocycles. The maximum absolute atomic E-state index is 4.89. The zero-order chi connectivity index (χ0) is 8.65. The van der Waals surface area contributed by atoms with E-state index in [2.05, 4.69) is 0 Å². The summed E-state index contributed by atoms with van der Waals surface area (Å²) in [7, 11) is 0. The van der Waals surface area contributed by atoms with E-state index in [1.54, 1.807) is 12.5 Å². The van der Waals surface area contributed by atoms with Crippen LogP contribution in [0.25, 0.3) is 0 Å². The van der Waals surface area contributed by atoms with E-state index in [4.69, 9.17) is 9.15 Å². The zero-order valence-electron chi connectivity index (χ0n) is 7.32. The van der Waals surface area contributed by atoms with Crippen LogP contribution in [0.2, 0.25) is 0 Å². The molecule has 2 nitrogen and oxygen atoms in total. The van der Waals surface area contributed by atoms with Crippen LogP contribution in [-0.4, -0.2) is 6.61 Å². The Morgan fingerprint density at radius 2 is 2.33 bits per heavy atom. The first-order valence-electron chi connectivity index (χ1n) is 4.16. The molecule has 0 bridgehead atoms. The molecule has 0 unspecified atom stereocenters. The number of ether oxygens (including phenoxy) is 1. The van der Waals surface area contributed by atoms with Crippen LogP contribution in [0.1, 0.15) is 18.6 Å². The Hall–Kier alpha value is -1.18. The molecule has 66 valence electrons. The third-order valence-corrected chi connectivity index (χ3v) is 1.49. The van der Waals surface area contributed by atoms with Crippen molar-refractivity contribution in [1.82, 2.24) is 0 Å². The Balaban J connectivity index is 0.000000120.